The number of carbonyl (C=O) groups is 3. The van der Waals surface area contributed by atoms with Crippen LogP contribution in [0.5, 0.6) is 0 Å². The van der Waals surface area contributed by atoms with Gasteiger partial charge in [0.25, 0.3) is 5.91 Å². The Kier molecular flexibility index (Phi) is 8.35. The molecule has 0 aliphatic rings. The molecular formula is C26H19ClF4N4O4S. The van der Waals surface area contributed by atoms with Crippen LogP contribution >= 0.6 is 22.9 Å². The van der Waals surface area contributed by atoms with Gasteiger partial charge in [-0.1, -0.05) is 55.0 Å². The zero-order chi connectivity index (χ0) is 29.2. The lowest BCUT2D eigenvalue weighted by atomic mass is 10.0. The van der Waals surface area contributed by atoms with Crippen LogP contribution in [0, 0.1) is 11.7 Å². The van der Waals surface area contributed by atoms with Crippen LogP contribution in [0.25, 0.3) is 21.3 Å². The number of aromatic nitrogens is 2. The second-order valence-corrected chi connectivity index (χ2v) is 10.2. The van der Waals surface area contributed by atoms with Crippen molar-refractivity contribution in [2.24, 2.45) is 5.92 Å². The number of anilines is 2. The second-order valence-electron chi connectivity index (χ2n) is 8.79. The molecule has 0 bridgehead atoms. The summed E-state index contributed by atoms with van der Waals surface area (Å²) in [5.74, 6) is -6.22. The zero-order valence-corrected chi connectivity index (χ0v) is 22.2. The number of esters is 2. The Labute approximate surface area is 233 Å². The second kappa shape index (κ2) is 11.6. The van der Waals surface area contributed by atoms with E-state index in [4.69, 9.17) is 11.6 Å². The molecule has 8 nitrogen and oxygen atoms in total. The van der Waals surface area contributed by atoms with Gasteiger partial charge in [0.1, 0.15) is 17.4 Å². The van der Waals surface area contributed by atoms with E-state index in [1.165, 1.54) is 67.8 Å². The lowest BCUT2D eigenvalue weighted by molar-refractivity contribution is -0.202. The van der Waals surface area contributed by atoms with E-state index in [0.717, 1.165) is 4.70 Å². The monoisotopic (exact) mass is 594 g/mol. The van der Waals surface area contributed by atoms with Crippen LogP contribution in [0.4, 0.5) is 28.4 Å². The first-order valence-electron chi connectivity index (χ1n) is 11.5. The normalized spacial score (nSPS) is 12.3. The number of hydrogen-bond acceptors (Lipinski definition) is 8. The fourth-order valence-corrected chi connectivity index (χ4v) is 4.66. The van der Waals surface area contributed by atoms with Gasteiger partial charge in [-0.15, -0.1) is 0 Å². The highest BCUT2D eigenvalue weighted by molar-refractivity contribution is 7.22. The highest BCUT2D eigenvalue weighted by atomic mass is 35.5. The van der Waals surface area contributed by atoms with Crippen molar-refractivity contribution < 1.29 is 36.7 Å². The minimum Gasteiger partial charge on any atom is -0.385 e. The summed E-state index contributed by atoms with van der Waals surface area (Å²) in [6.07, 6.45) is -2.28. The molecule has 4 rings (SSSR count). The summed E-state index contributed by atoms with van der Waals surface area (Å²) >= 11 is 7.36. The van der Waals surface area contributed by atoms with E-state index in [2.05, 4.69) is 25.3 Å². The van der Waals surface area contributed by atoms with E-state index in [1.807, 2.05) is 0 Å². The first-order chi connectivity index (χ1) is 18.8. The molecule has 0 aliphatic heterocycles. The highest BCUT2D eigenvalue weighted by Crippen LogP contribution is 2.33. The molecule has 2 aromatic carbocycles. The molecule has 0 unspecified atom stereocenters. The fourth-order valence-electron chi connectivity index (χ4n) is 3.54. The molecule has 0 radical (unpaired) electrons. The molecule has 14 heteroatoms. The topological polar surface area (TPSA) is 110 Å². The largest absolute Gasteiger partial charge is 0.491 e. The summed E-state index contributed by atoms with van der Waals surface area (Å²) in [6, 6.07) is 8.85. The van der Waals surface area contributed by atoms with Gasteiger partial charge in [0.15, 0.2) is 5.13 Å². The van der Waals surface area contributed by atoms with Crippen LogP contribution in [0.15, 0.2) is 54.9 Å². The molecule has 0 saturated carbocycles. The van der Waals surface area contributed by atoms with Crippen molar-refractivity contribution in [3.05, 3.63) is 71.3 Å². The molecule has 0 spiro atoms. The summed E-state index contributed by atoms with van der Waals surface area (Å²) in [5, 5.41) is 6.01. The van der Waals surface area contributed by atoms with E-state index in [9.17, 15) is 31.9 Å². The maximum atomic E-state index is 14.9. The first-order valence-corrected chi connectivity index (χ1v) is 12.7. The third-order valence-corrected chi connectivity index (χ3v) is 6.76. The molecule has 0 fully saturated rings. The first kappa shape index (κ1) is 28.9. The number of nitrogens with zero attached hydrogens (tertiary/aromatic N) is 2. The van der Waals surface area contributed by atoms with Crippen molar-refractivity contribution in [2.75, 3.05) is 5.32 Å². The minimum absolute atomic E-state index is 0.0760. The predicted octanol–water partition coefficient (Wildman–Crippen LogP) is 6.28. The lowest BCUT2D eigenvalue weighted by Gasteiger charge is -2.20. The molecular weight excluding hydrogens is 576 g/mol. The number of alkyl halides is 3. The number of amides is 1. The molecule has 0 saturated heterocycles. The van der Waals surface area contributed by atoms with Gasteiger partial charge in [0.05, 0.1) is 15.4 Å². The summed E-state index contributed by atoms with van der Waals surface area (Å²) in [4.78, 5) is 44.1. The number of thiazole rings is 1. The van der Waals surface area contributed by atoms with Crippen LogP contribution in [0.1, 0.15) is 24.2 Å². The molecule has 2 N–H and O–H groups in total. The summed E-state index contributed by atoms with van der Waals surface area (Å²) in [6.45, 7) is 2.92. The number of benzene rings is 2. The Bertz CT molecular complexity index is 1590. The Hall–Kier alpha value is -4.10. The summed E-state index contributed by atoms with van der Waals surface area (Å²) in [5.41, 5.74) is 1.87. The van der Waals surface area contributed by atoms with Crippen molar-refractivity contribution in [3.63, 3.8) is 0 Å². The third kappa shape index (κ3) is 6.54. The van der Waals surface area contributed by atoms with Crippen LogP contribution in [-0.4, -0.2) is 40.0 Å². The molecule has 40 heavy (non-hydrogen) atoms. The van der Waals surface area contributed by atoms with Crippen molar-refractivity contribution >= 4 is 61.8 Å². The van der Waals surface area contributed by atoms with Gasteiger partial charge in [0.2, 0.25) is 0 Å². The number of hydrogen-bond donors (Lipinski definition) is 2. The molecule has 2 aromatic heterocycles. The summed E-state index contributed by atoms with van der Waals surface area (Å²) in [7, 11) is 0. The van der Waals surface area contributed by atoms with E-state index in [1.54, 1.807) is 12.3 Å². The average Bonchev–Trinajstić information content (AvgIpc) is 3.31. The Balaban J connectivity index is 1.44. The van der Waals surface area contributed by atoms with Crippen LogP contribution < -0.4 is 10.6 Å². The van der Waals surface area contributed by atoms with Crippen LogP contribution in [-0.2, 0) is 14.3 Å². The Morgan fingerprint density at radius 2 is 1.70 bits per heavy atom. The van der Waals surface area contributed by atoms with E-state index < -0.39 is 41.8 Å². The van der Waals surface area contributed by atoms with Gasteiger partial charge in [-0.3, -0.25) is 9.78 Å². The maximum absolute atomic E-state index is 14.9. The molecule has 2 heterocycles. The van der Waals surface area contributed by atoms with Gasteiger partial charge in [-0.05, 0) is 41.3 Å². The number of pyridine rings is 1. The van der Waals surface area contributed by atoms with Gasteiger partial charge < -0.3 is 15.4 Å². The van der Waals surface area contributed by atoms with Gasteiger partial charge in [-0.25, -0.2) is 19.0 Å². The maximum Gasteiger partial charge on any atom is 0.491 e. The van der Waals surface area contributed by atoms with Gasteiger partial charge in [0, 0.05) is 18.0 Å². The number of fused-ring (bicyclic) bond motifs is 1. The number of halogens is 5. The van der Waals surface area contributed by atoms with Crippen molar-refractivity contribution in [1.82, 2.24) is 15.3 Å². The van der Waals surface area contributed by atoms with Crippen LogP contribution in [0.2, 0.25) is 5.02 Å². The number of ether oxygens (including phenoxy) is 1. The van der Waals surface area contributed by atoms with Crippen LogP contribution in [0.3, 0.4) is 0 Å². The van der Waals surface area contributed by atoms with Crippen molar-refractivity contribution in [1.29, 1.82) is 0 Å². The number of nitrogens with one attached hydrogen (secondary N) is 2. The van der Waals surface area contributed by atoms with E-state index >= 15 is 0 Å². The standard InChI is InChI=1S/C26H19ClF4N4O4S/c1-12(2)20(23(37)39-24(38)26(29,30)31)34-22(36)14-5-3-13(4-6-14)15-7-8-18(17(28)9-15)33-25-35-21-16(27)10-32-11-19(21)40-25/h3-12,20H,1-2H3,(H,33,35)(H,34,36)/t20-/m0/s1. The smallest absolute Gasteiger partial charge is 0.385 e. The third-order valence-electron chi connectivity index (χ3n) is 5.58. The predicted molar refractivity (Wildman–Crippen MR) is 141 cm³/mol. The van der Waals surface area contributed by atoms with Crippen molar-refractivity contribution in [2.45, 2.75) is 26.1 Å². The van der Waals surface area contributed by atoms with E-state index in [0.29, 0.717) is 26.8 Å². The Morgan fingerprint density at radius 1 is 1.02 bits per heavy atom. The molecule has 4 aromatic rings. The number of rotatable bonds is 7. The van der Waals surface area contributed by atoms with Gasteiger partial charge >= 0.3 is 18.1 Å². The van der Waals surface area contributed by atoms with E-state index in [-0.39, 0.29) is 11.3 Å². The fraction of sp³-hybridized carbons (Fsp3) is 0.192. The number of carbonyl (C=O) groups excluding carboxylic acids is 3. The quantitative estimate of drug-likeness (QED) is 0.147. The SMILES string of the molecule is CC(C)[C@H](NC(=O)c1ccc(-c2ccc(Nc3nc4c(Cl)cncc4s3)c(F)c2)cc1)C(=O)OC(=O)C(F)(F)F. The molecule has 208 valence electrons. The molecule has 0 aliphatic carbocycles. The van der Waals surface area contributed by atoms with Gasteiger partial charge in [-0.2, -0.15) is 13.2 Å². The molecule has 1 amide bonds. The molecule has 1 atom stereocenters. The lowest BCUT2D eigenvalue weighted by Crippen LogP contribution is -2.47. The zero-order valence-electron chi connectivity index (χ0n) is 20.7. The Morgan fingerprint density at radius 3 is 2.30 bits per heavy atom. The minimum atomic E-state index is -5.35. The average molecular weight is 595 g/mol. The highest BCUT2D eigenvalue weighted by Gasteiger charge is 2.44. The summed E-state index contributed by atoms with van der Waals surface area (Å²) < 4.78 is 56.8. The van der Waals surface area contributed by atoms with Crippen molar-refractivity contribution in [3.8, 4) is 11.1 Å².